The van der Waals surface area contributed by atoms with Gasteiger partial charge in [0.15, 0.2) is 5.78 Å². The van der Waals surface area contributed by atoms with Gasteiger partial charge in [0.25, 0.3) is 0 Å². The highest BCUT2D eigenvalue weighted by Crippen LogP contribution is 2.24. The van der Waals surface area contributed by atoms with Gasteiger partial charge in [-0.3, -0.25) is 14.4 Å². The monoisotopic (exact) mass is 396 g/mol. The van der Waals surface area contributed by atoms with E-state index in [0.29, 0.717) is 18.4 Å². The van der Waals surface area contributed by atoms with Crippen molar-refractivity contribution in [1.82, 2.24) is 9.62 Å². The van der Waals surface area contributed by atoms with E-state index in [1.165, 1.54) is 35.5 Å². The SMILES string of the molecule is CC(=O)c1ccc(S(=O)(=O)N2CCC(C(=O)NC(C)CC(=O)O)CC2)cc1. The standard InChI is InChI=1S/C18H24N2O6S/c1-12(11-17(22)23)19-18(24)15-7-9-20(10-8-15)27(25,26)16-5-3-14(4-6-16)13(2)21/h3-6,12,15H,7-11H2,1-2H3,(H,19,24)(H,22,23). The van der Waals surface area contributed by atoms with Crippen LogP contribution in [0.25, 0.3) is 0 Å². The Bertz CT molecular complexity index is 811. The number of Topliss-reactive ketones (excluding diaryl/α,β-unsaturated/α-hetero) is 1. The average molecular weight is 396 g/mol. The lowest BCUT2D eigenvalue weighted by Crippen LogP contribution is -2.45. The maximum absolute atomic E-state index is 12.7. The molecule has 0 spiro atoms. The Morgan fingerprint density at radius 2 is 1.74 bits per heavy atom. The van der Waals surface area contributed by atoms with Crippen LogP contribution in [0.3, 0.4) is 0 Å². The second kappa shape index (κ2) is 8.62. The molecule has 0 saturated carbocycles. The average Bonchev–Trinajstić information content (AvgIpc) is 2.61. The quantitative estimate of drug-likeness (QED) is 0.670. The topological polar surface area (TPSA) is 121 Å². The van der Waals surface area contributed by atoms with Gasteiger partial charge in [-0.2, -0.15) is 4.31 Å². The minimum Gasteiger partial charge on any atom is -0.481 e. The van der Waals surface area contributed by atoms with Crippen molar-refractivity contribution in [3.05, 3.63) is 29.8 Å². The molecule has 2 rings (SSSR count). The van der Waals surface area contributed by atoms with Crippen LogP contribution in [0.4, 0.5) is 0 Å². The second-order valence-electron chi connectivity index (χ2n) is 6.77. The van der Waals surface area contributed by atoms with Crippen molar-refractivity contribution in [2.45, 2.75) is 44.0 Å². The van der Waals surface area contributed by atoms with E-state index in [9.17, 15) is 22.8 Å². The molecule has 8 nitrogen and oxygen atoms in total. The number of ketones is 1. The highest BCUT2D eigenvalue weighted by molar-refractivity contribution is 7.89. The fourth-order valence-electron chi connectivity index (χ4n) is 3.04. The molecule has 0 radical (unpaired) electrons. The molecule has 1 unspecified atom stereocenters. The molecule has 0 aromatic heterocycles. The van der Waals surface area contributed by atoms with Crippen molar-refractivity contribution >= 4 is 27.7 Å². The summed E-state index contributed by atoms with van der Waals surface area (Å²) in [4.78, 5) is 34.3. The van der Waals surface area contributed by atoms with Crippen molar-refractivity contribution in [3.63, 3.8) is 0 Å². The third kappa shape index (κ3) is 5.36. The molecule has 1 heterocycles. The summed E-state index contributed by atoms with van der Waals surface area (Å²) < 4.78 is 26.8. The predicted octanol–water partition coefficient (Wildman–Crippen LogP) is 1.27. The summed E-state index contributed by atoms with van der Waals surface area (Å²) in [6.07, 6.45) is 0.585. The van der Waals surface area contributed by atoms with Crippen molar-refractivity contribution < 1.29 is 27.9 Å². The zero-order chi connectivity index (χ0) is 20.2. The first-order valence-electron chi connectivity index (χ1n) is 8.74. The molecule has 148 valence electrons. The molecular weight excluding hydrogens is 372 g/mol. The lowest BCUT2D eigenvalue weighted by molar-refractivity contribution is -0.137. The van der Waals surface area contributed by atoms with Crippen LogP contribution in [0.5, 0.6) is 0 Å². The van der Waals surface area contributed by atoms with Crippen LogP contribution in [0, 0.1) is 5.92 Å². The molecular formula is C18H24N2O6S. The maximum Gasteiger partial charge on any atom is 0.305 e. The number of carbonyl (C=O) groups is 3. The zero-order valence-electron chi connectivity index (χ0n) is 15.3. The van der Waals surface area contributed by atoms with Crippen molar-refractivity contribution in [2.75, 3.05) is 13.1 Å². The summed E-state index contributed by atoms with van der Waals surface area (Å²) in [7, 11) is -3.68. The Balaban J connectivity index is 1.96. The summed E-state index contributed by atoms with van der Waals surface area (Å²) in [5, 5.41) is 11.4. The number of nitrogens with one attached hydrogen (secondary N) is 1. The van der Waals surface area contributed by atoms with Crippen molar-refractivity contribution in [2.24, 2.45) is 5.92 Å². The van der Waals surface area contributed by atoms with Crippen LogP contribution in [0.15, 0.2) is 29.2 Å². The van der Waals surface area contributed by atoms with Crippen LogP contribution in [0.1, 0.15) is 43.5 Å². The van der Waals surface area contributed by atoms with Crippen LogP contribution >= 0.6 is 0 Å². The molecule has 1 amide bonds. The lowest BCUT2D eigenvalue weighted by atomic mass is 9.97. The Hall–Kier alpha value is -2.26. The van der Waals surface area contributed by atoms with Crippen LogP contribution in [-0.2, 0) is 19.6 Å². The maximum atomic E-state index is 12.7. The van der Waals surface area contributed by atoms with Crippen LogP contribution in [-0.4, -0.2) is 54.6 Å². The first kappa shape index (κ1) is 21.0. The van der Waals surface area contributed by atoms with Crippen LogP contribution in [0.2, 0.25) is 0 Å². The second-order valence-corrected chi connectivity index (χ2v) is 8.70. The van der Waals surface area contributed by atoms with Gasteiger partial charge in [-0.05, 0) is 38.8 Å². The number of piperidine rings is 1. The molecule has 27 heavy (non-hydrogen) atoms. The number of hydrogen-bond donors (Lipinski definition) is 2. The number of aliphatic carboxylic acids is 1. The van der Waals surface area contributed by atoms with Gasteiger partial charge in [0.1, 0.15) is 0 Å². The van der Waals surface area contributed by atoms with E-state index in [2.05, 4.69) is 5.32 Å². The highest BCUT2D eigenvalue weighted by Gasteiger charge is 2.32. The normalized spacial score (nSPS) is 17.3. The Morgan fingerprint density at radius 1 is 1.19 bits per heavy atom. The number of rotatable bonds is 7. The molecule has 1 aliphatic heterocycles. The number of carboxylic acids is 1. The van der Waals surface area contributed by atoms with Crippen molar-refractivity contribution in [1.29, 1.82) is 0 Å². The molecule has 0 aliphatic carbocycles. The summed E-state index contributed by atoms with van der Waals surface area (Å²) >= 11 is 0. The van der Waals surface area contributed by atoms with Gasteiger partial charge in [0, 0.05) is 30.6 Å². The summed E-state index contributed by atoms with van der Waals surface area (Å²) in [5.74, 6) is -1.71. The van der Waals surface area contributed by atoms with E-state index in [0.717, 1.165) is 0 Å². The van der Waals surface area contributed by atoms with E-state index in [4.69, 9.17) is 5.11 Å². The van der Waals surface area contributed by atoms with Gasteiger partial charge in [0.05, 0.1) is 11.3 Å². The minimum absolute atomic E-state index is 0.116. The lowest BCUT2D eigenvalue weighted by Gasteiger charge is -2.31. The molecule has 1 aromatic rings. The summed E-state index contributed by atoms with van der Waals surface area (Å²) in [6.45, 7) is 3.46. The summed E-state index contributed by atoms with van der Waals surface area (Å²) in [5.41, 5.74) is 0.444. The molecule has 9 heteroatoms. The van der Waals surface area contributed by atoms with Gasteiger partial charge in [-0.1, -0.05) is 12.1 Å². The van der Waals surface area contributed by atoms with E-state index in [-0.39, 0.29) is 42.0 Å². The number of hydrogen-bond acceptors (Lipinski definition) is 5. The van der Waals surface area contributed by atoms with Gasteiger partial charge in [-0.25, -0.2) is 8.42 Å². The Labute approximate surface area is 158 Å². The molecule has 1 fully saturated rings. The van der Waals surface area contributed by atoms with E-state index in [1.807, 2.05) is 0 Å². The van der Waals surface area contributed by atoms with Gasteiger partial charge >= 0.3 is 5.97 Å². The molecule has 1 saturated heterocycles. The predicted molar refractivity (Wildman–Crippen MR) is 97.8 cm³/mol. The van der Waals surface area contributed by atoms with Gasteiger partial charge < -0.3 is 10.4 Å². The molecule has 1 aliphatic rings. The first-order valence-corrected chi connectivity index (χ1v) is 10.2. The number of carboxylic acid groups (broad SMARTS) is 1. The number of nitrogens with zero attached hydrogens (tertiary/aromatic N) is 1. The molecule has 1 aromatic carbocycles. The van der Waals surface area contributed by atoms with E-state index >= 15 is 0 Å². The van der Waals surface area contributed by atoms with Crippen molar-refractivity contribution in [3.8, 4) is 0 Å². The molecule has 2 N–H and O–H groups in total. The largest absolute Gasteiger partial charge is 0.481 e. The number of amides is 1. The fourth-order valence-corrected chi connectivity index (χ4v) is 4.51. The van der Waals surface area contributed by atoms with E-state index in [1.54, 1.807) is 6.92 Å². The highest BCUT2D eigenvalue weighted by atomic mass is 32.2. The third-order valence-corrected chi connectivity index (χ3v) is 6.51. The summed E-state index contributed by atoms with van der Waals surface area (Å²) in [6, 6.07) is 5.33. The number of sulfonamides is 1. The Kier molecular flexibility index (Phi) is 6.72. The van der Waals surface area contributed by atoms with E-state index < -0.39 is 22.0 Å². The zero-order valence-corrected chi connectivity index (χ0v) is 16.2. The van der Waals surface area contributed by atoms with Crippen LogP contribution < -0.4 is 5.32 Å². The molecule has 1 atom stereocenters. The molecule has 0 bridgehead atoms. The fraction of sp³-hybridized carbons (Fsp3) is 0.500. The smallest absolute Gasteiger partial charge is 0.305 e. The number of carbonyl (C=O) groups excluding carboxylic acids is 2. The minimum atomic E-state index is -3.68. The Morgan fingerprint density at radius 3 is 2.22 bits per heavy atom. The third-order valence-electron chi connectivity index (χ3n) is 4.59. The van der Waals surface area contributed by atoms with Gasteiger partial charge in [-0.15, -0.1) is 0 Å². The first-order chi connectivity index (χ1) is 12.6. The number of benzene rings is 1. The van der Waals surface area contributed by atoms with Gasteiger partial charge in [0.2, 0.25) is 15.9 Å².